The van der Waals surface area contributed by atoms with Gasteiger partial charge in [0.25, 0.3) is 5.91 Å². The van der Waals surface area contributed by atoms with Gasteiger partial charge in [0.05, 0.1) is 13.1 Å². The first kappa shape index (κ1) is 19.5. The van der Waals surface area contributed by atoms with Gasteiger partial charge in [-0.2, -0.15) is 0 Å². The Balaban J connectivity index is 1.78. The molecular formula is C19H20ClN3O3. The minimum Gasteiger partial charge on any atom is -0.345 e. The number of amides is 3. The Morgan fingerprint density at radius 1 is 0.885 bits per heavy atom. The quantitative estimate of drug-likeness (QED) is 0.726. The SMILES string of the molecule is Cc1cccc(C)c1NC(=O)CNC(=O)CNC(=O)c1cccc(Cl)c1. The summed E-state index contributed by atoms with van der Waals surface area (Å²) < 4.78 is 0. The maximum Gasteiger partial charge on any atom is 0.251 e. The second-order valence-corrected chi connectivity index (χ2v) is 6.22. The van der Waals surface area contributed by atoms with E-state index in [1.165, 1.54) is 6.07 Å². The van der Waals surface area contributed by atoms with Crippen molar-refractivity contribution in [1.82, 2.24) is 10.6 Å². The molecule has 136 valence electrons. The molecule has 3 N–H and O–H groups in total. The Bertz CT molecular complexity index is 816. The lowest BCUT2D eigenvalue weighted by molar-refractivity contribution is -0.123. The molecule has 0 fully saturated rings. The summed E-state index contributed by atoms with van der Waals surface area (Å²) in [6.07, 6.45) is 0. The highest BCUT2D eigenvalue weighted by Crippen LogP contribution is 2.18. The predicted molar refractivity (Wildman–Crippen MR) is 101 cm³/mol. The number of carbonyl (C=O) groups is 3. The number of nitrogens with one attached hydrogen (secondary N) is 3. The van der Waals surface area contributed by atoms with Crippen LogP contribution in [0.4, 0.5) is 5.69 Å². The van der Waals surface area contributed by atoms with Crippen LogP contribution in [-0.2, 0) is 9.59 Å². The van der Waals surface area contributed by atoms with Crippen LogP contribution < -0.4 is 16.0 Å². The summed E-state index contributed by atoms with van der Waals surface area (Å²) in [7, 11) is 0. The molecule has 0 aliphatic rings. The zero-order valence-corrected chi connectivity index (χ0v) is 15.3. The van der Waals surface area contributed by atoms with Crippen LogP contribution in [0.3, 0.4) is 0 Å². The van der Waals surface area contributed by atoms with Crippen molar-refractivity contribution >= 4 is 35.0 Å². The third kappa shape index (κ3) is 5.60. The fourth-order valence-corrected chi connectivity index (χ4v) is 2.52. The Morgan fingerprint density at radius 2 is 1.50 bits per heavy atom. The van der Waals surface area contributed by atoms with Gasteiger partial charge < -0.3 is 16.0 Å². The summed E-state index contributed by atoms with van der Waals surface area (Å²) in [6, 6.07) is 12.1. The number of carbonyl (C=O) groups excluding carboxylic acids is 3. The van der Waals surface area contributed by atoms with E-state index < -0.39 is 11.8 Å². The number of benzene rings is 2. The predicted octanol–water partition coefficient (Wildman–Crippen LogP) is 2.44. The van der Waals surface area contributed by atoms with Crippen molar-refractivity contribution in [3.05, 3.63) is 64.2 Å². The normalized spacial score (nSPS) is 10.1. The van der Waals surface area contributed by atoms with Crippen molar-refractivity contribution in [3.8, 4) is 0 Å². The van der Waals surface area contributed by atoms with Crippen LogP contribution >= 0.6 is 11.6 Å². The first-order valence-electron chi connectivity index (χ1n) is 8.03. The van der Waals surface area contributed by atoms with Crippen LogP contribution in [0.2, 0.25) is 5.02 Å². The number of halogens is 1. The molecule has 2 rings (SSSR count). The van der Waals surface area contributed by atoms with Gasteiger partial charge in [-0.05, 0) is 43.2 Å². The molecule has 0 aliphatic heterocycles. The Labute approximate surface area is 156 Å². The van der Waals surface area contributed by atoms with Crippen molar-refractivity contribution in [2.24, 2.45) is 0 Å². The third-order valence-corrected chi connectivity index (χ3v) is 3.92. The highest BCUT2D eigenvalue weighted by atomic mass is 35.5. The summed E-state index contributed by atoms with van der Waals surface area (Å²) in [5, 5.41) is 8.15. The van der Waals surface area contributed by atoms with Crippen LogP contribution in [0.15, 0.2) is 42.5 Å². The van der Waals surface area contributed by atoms with Gasteiger partial charge in [-0.25, -0.2) is 0 Å². The highest BCUT2D eigenvalue weighted by molar-refractivity contribution is 6.31. The minimum atomic E-state index is -0.461. The summed E-state index contributed by atoms with van der Waals surface area (Å²) >= 11 is 5.82. The van der Waals surface area contributed by atoms with E-state index in [1.807, 2.05) is 32.0 Å². The lowest BCUT2D eigenvalue weighted by atomic mass is 10.1. The van der Waals surface area contributed by atoms with Crippen molar-refractivity contribution in [3.63, 3.8) is 0 Å². The van der Waals surface area contributed by atoms with E-state index in [2.05, 4.69) is 16.0 Å². The number of anilines is 1. The number of para-hydroxylation sites is 1. The smallest absolute Gasteiger partial charge is 0.251 e. The van der Waals surface area contributed by atoms with E-state index in [0.717, 1.165) is 16.8 Å². The van der Waals surface area contributed by atoms with E-state index >= 15 is 0 Å². The fraction of sp³-hybridized carbons (Fsp3) is 0.211. The Hall–Kier alpha value is -2.86. The molecule has 0 radical (unpaired) electrons. The van der Waals surface area contributed by atoms with Crippen LogP contribution in [-0.4, -0.2) is 30.8 Å². The summed E-state index contributed by atoms with van der Waals surface area (Å²) in [5.74, 6) is -1.21. The van der Waals surface area contributed by atoms with Crippen molar-refractivity contribution in [2.45, 2.75) is 13.8 Å². The molecule has 0 aromatic heterocycles. The number of hydrogen-bond acceptors (Lipinski definition) is 3. The number of hydrogen-bond donors (Lipinski definition) is 3. The largest absolute Gasteiger partial charge is 0.345 e. The van der Waals surface area contributed by atoms with Gasteiger partial charge in [0, 0.05) is 16.3 Å². The molecule has 6 nitrogen and oxygen atoms in total. The van der Waals surface area contributed by atoms with Gasteiger partial charge in [0.15, 0.2) is 0 Å². The molecule has 0 aliphatic carbocycles. The van der Waals surface area contributed by atoms with E-state index in [1.54, 1.807) is 18.2 Å². The van der Waals surface area contributed by atoms with Crippen molar-refractivity contribution in [1.29, 1.82) is 0 Å². The van der Waals surface area contributed by atoms with Gasteiger partial charge in [-0.15, -0.1) is 0 Å². The molecule has 26 heavy (non-hydrogen) atoms. The van der Waals surface area contributed by atoms with Gasteiger partial charge in [0.1, 0.15) is 0 Å². The second-order valence-electron chi connectivity index (χ2n) is 5.78. The molecule has 3 amide bonds. The molecule has 0 heterocycles. The van der Waals surface area contributed by atoms with Gasteiger partial charge in [-0.1, -0.05) is 35.9 Å². The Morgan fingerprint density at radius 3 is 2.15 bits per heavy atom. The van der Waals surface area contributed by atoms with Crippen LogP contribution in [0.1, 0.15) is 21.5 Å². The monoisotopic (exact) mass is 373 g/mol. The number of rotatable bonds is 6. The molecule has 0 unspecified atom stereocenters. The first-order valence-corrected chi connectivity index (χ1v) is 8.41. The van der Waals surface area contributed by atoms with E-state index in [9.17, 15) is 14.4 Å². The van der Waals surface area contributed by atoms with Crippen molar-refractivity contribution in [2.75, 3.05) is 18.4 Å². The third-order valence-electron chi connectivity index (χ3n) is 3.69. The molecule has 0 bridgehead atoms. The van der Waals surface area contributed by atoms with Gasteiger partial charge >= 0.3 is 0 Å². The first-order chi connectivity index (χ1) is 12.4. The minimum absolute atomic E-state index is 0.181. The average molecular weight is 374 g/mol. The summed E-state index contributed by atoms with van der Waals surface area (Å²) in [6.45, 7) is 3.38. The lowest BCUT2D eigenvalue weighted by Gasteiger charge is -2.12. The van der Waals surface area contributed by atoms with Crippen LogP contribution in [0.5, 0.6) is 0 Å². The standard InChI is InChI=1S/C19H20ClN3O3/c1-12-5-3-6-13(2)18(12)23-17(25)11-21-16(24)10-22-19(26)14-7-4-8-15(20)9-14/h3-9H,10-11H2,1-2H3,(H,21,24)(H,22,26)(H,23,25). The Kier molecular flexibility index (Phi) is 6.74. The average Bonchev–Trinajstić information content (AvgIpc) is 2.61. The van der Waals surface area contributed by atoms with E-state index in [0.29, 0.717) is 10.6 Å². The van der Waals surface area contributed by atoms with E-state index in [4.69, 9.17) is 11.6 Å². The lowest BCUT2D eigenvalue weighted by Crippen LogP contribution is -2.40. The maximum absolute atomic E-state index is 12.0. The molecule has 0 saturated carbocycles. The second kappa shape index (κ2) is 9.01. The fourth-order valence-electron chi connectivity index (χ4n) is 2.33. The molecule has 0 saturated heterocycles. The van der Waals surface area contributed by atoms with Gasteiger partial charge in [0.2, 0.25) is 11.8 Å². The van der Waals surface area contributed by atoms with E-state index in [-0.39, 0.29) is 19.0 Å². The topological polar surface area (TPSA) is 87.3 Å². The van der Waals surface area contributed by atoms with Crippen LogP contribution in [0.25, 0.3) is 0 Å². The molecule has 7 heteroatoms. The summed E-state index contributed by atoms with van der Waals surface area (Å²) in [5.41, 5.74) is 2.98. The molecule has 0 atom stereocenters. The number of aryl methyl sites for hydroxylation is 2. The van der Waals surface area contributed by atoms with Crippen LogP contribution in [0, 0.1) is 13.8 Å². The zero-order valence-electron chi connectivity index (χ0n) is 14.6. The molecule has 0 spiro atoms. The molecular weight excluding hydrogens is 354 g/mol. The van der Waals surface area contributed by atoms with Crippen molar-refractivity contribution < 1.29 is 14.4 Å². The molecule has 2 aromatic rings. The highest BCUT2D eigenvalue weighted by Gasteiger charge is 2.11. The summed E-state index contributed by atoms with van der Waals surface area (Å²) in [4.78, 5) is 35.7. The zero-order chi connectivity index (χ0) is 19.1. The maximum atomic E-state index is 12.0. The van der Waals surface area contributed by atoms with Gasteiger partial charge in [-0.3, -0.25) is 14.4 Å². The molecule has 2 aromatic carbocycles.